The molecule has 0 fully saturated rings. The number of rotatable bonds is 3. The minimum Gasteiger partial charge on any atom is -0.331 e. The number of anilines is 1. The second kappa shape index (κ2) is 9.37. The third kappa shape index (κ3) is 5.62. The number of aryl methyl sites for hydroxylation is 1. The maximum absolute atomic E-state index is 12.8. The van der Waals surface area contributed by atoms with Crippen molar-refractivity contribution in [2.45, 2.75) is 13.1 Å². The van der Waals surface area contributed by atoms with Crippen LogP contribution in [-0.4, -0.2) is 20.8 Å². The fraction of sp³-hybridized carbons (Fsp3) is 0.100. The molecule has 3 N–H and O–H groups in total. The van der Waals surface area contributed by atoms with Gasteiger partial charge in [-0.3, -0.25) is 20.4 Å². The van der Waals surface area contributed by atoms with Crippen LogP contribution in [-0.2, 0) is 6.18 Å². The Balaban J connectivity index is 1.71. The Labute approximate surface area is 190 Å². The van der Waals surface area contributed by atoms with Gasteiger partial charge in [-0.2, -0.15) is 18.3 Å². The molecule has 2 aromatic carbocycles. The lowest BCUT2D eigenvalue weighted by atomic mass is 10.2. The normalized spacial score (nSPS) is 11.0. The number of nitrogens with zero attached hydrogens (tertiary/aromatic N) is 2. The first-order valence-corrected chi connectivity index (χ1v) is 9.75. The van der Waals surface area contributed by atoms with Gasteiger partial charge in [0.15, 0.2) is 10.8 Å². The summed E-state index contributed by atoms with van der Waals surface area (Å²) in [5.41, 5.74) is 3.76. The van der Waals surface area contributed by atoms with E-state index in [1.54, 1.807) is 31.2 Å². The number of benzene rings is 2. The number of hydrogen-bond donors (Lipinski definition) is 3. The first-order chi connectivity index (χ1) is 15.0. The van der Waals surface area contributed by atoms with Crippen LogP contribution in [0.5, 0.6) is 0 Å². The van der Waals surface area contributed by atoms with Gasteiger partial charge in [0.2, 0.25) is 5.43 Å². The van der Waals surface area contributed by atoms with Crippen molar-refractivity contribution in [3.63, 3.8) is 0 Å². The fourth-order valence-electron chi connectivity index (χ4n) is 2.66. The summed E-state index contributed by atoms with van der Waals surface area (Å²) in [6, 6.07) is 12.2. The van der Waals surface area contributed by atoms with E-state index in [2.05, 4.69) is 21.3 Å². The van der Waals surface area contributed by atoms with E-state index in [4.69, 9.17) is 23.8 Å². The van der Waals surface area contributed by atoms with Gasteiger partial charge in [-0.25, -0.2) is 4.68 Å². The molecule has 32 heavy (non-hydrogen) atoms. The zero-order valence-electron chi connectivity index (χ0n) is 16.3. The first kappa shape index (κ1) is 23.2. The van der Waals surface area contributed by atoms with Crippen LogP contribution in [0.4, 0.5) is 18.9 Å². The van der Waals surface area contributed by atoms with Gasteiger partial charge in [-0.05, 0) is 61.6 Å². The van der Waals surface area contributed by atoms with Crippen molar-refractivity contribution in [1.29, 1.82) is 0 Å². The van der Waals surface area contributed by atoms with Crippen molar-refractivity contribution < 1.29 is 18.0 Å². The van der Waals surface area contributed by atoms with E-state index in [-0.39, 0.29) is 10.8 Å². The lowest BCUT2D eigenvalue weighted by Gasteiger charge is -2.14. The molecule has 0 unspecified atom stereocenters. The molecule has 0 aliphatic carbocycles. The highest BCUT2D eigenvalue weighted by molar-refractivity contribution is 7.80. The summed E-state index contributed by atoms with van der Waals surface area (Å²) in [6.07, 6.45) is -4.51. The first-order valence-electron chi connectivity index (χ1n) is 8.96. The van der Waals surface area contributed by atoms with Gasteiger partial charge in [0.1, 0.15) is 0 Å². The maximum Gasteiger partial charge on any atom is 0.416 e. The molecule has 0 spiro atoms. The van der Waals surface area contributed by atoms with Crippen LogP contribution in [0.2, 0.25) is 5.02 Å². The van der Waals surface area contributed by atoms with Crippen molar-refractivity contribution in [3.05, 3.63) is 86.8 Å². The minimum absolute atomic E-state index is 0.0603. The highest BCUT2D eigenvalue weighted by atomic mass is 35.5. The molecule has 1 heterocycles. The zero-order chi connectivity index (χ0) is 23.5. The summed E-state index contributed by atoms with van der Waals surface area (Å²) in [5, 5.41) is 6.93. The number of aromatic nitrogens is 2. The van der Waals surface area contributed by atoms with Gasteiger partial charge in [-0.1, -0.05) is 17.7 Å². The number of halogens is 4. The van der Waals surface area contributed by atoms with Crippen LogP contribution in [0, 0.1) is 6.92 Å². The van der Waals surface area contributed by atoms with Crippen LogP contribution in [0.25, 0.3) is 5.69 Å². The number of alkyl halides is 3. The molecule has 166 valence electrons. The summed E-state index contributed by atoms with van der Waals surface area (Å²) in [4.78, 5) is 24.7. The number of nitrogens with one attached hydrogen (secondary N) is 3. The number of carbonyl (C=O) groups excluding carboxylic acids is 1. The van der Waals surface area contributed by atoms with Crippen molar-refractivity contribution in [2.24, 2.45) is 0 Å². The molecule has 0 bridgehead atoms. The Morgan fingerprint density at radius 1 is 1.09 bits per heavy atom. The van der Waals surface area contributed by atoms with E-state index >= 15 is 0 Å². The Morgan fingerprint density at radius 3 is 2.44 bits per heavy atom. The molecule has 7 nitrogen and oxygen atoms in total. The van der Waals surface area contributed by atoms with E-state index in [1.807, 2.05) is 0 Å². The molecule has 1 amide bonds. The predicted molar refractivity (Wildman–Crippen MR) is 118 cm³/mol. The number of thiocarbonyl (C=S) groups is 1. The summed E-state index contributed by atoms with van der Waals surface area (Å²) in [6.45, 7) is 1.65. The zero-order valence-corrected chi connectivity index (χ0v) is 17.9. The highest BCUT2D eigenvalue weighted by Crippen LogP contribution is 2.30. The minimum atomic E-state index is -4.51. The molecule has 12 heteroatoms. The Hall–Kier alpha value is -3.44. The highest BCUT2D eigenvalue weighted by Gasteiger charge is 2.30. The molecule has 3 rings (SSSR count). The third-order valence-corrected chi connectivity index (χ3v) is 4.59. The molecule has 1 aromatic heterocycles. The van der Waals surface area contributed by atoms with Crippen molar-refractivity contribution in [1.82, 2.24) is 20.6 Å². The van der Waals surface area contributed by atoms with Crippen molar-refractivity contribution >= 4 is 40.5 Å². The summed E-state index contributed by atoms with van der Waals surface area (Å²) >= 11 is 10.9. The molecular weight excluding hydrogens is 467 g/mol. The van der Waals surface area contributed by atoms with Gasteiger partial charge in [0.25, 0.3) is 5.91 Å². The summed E-state index contributed by atoms with van der Waals surface area (Å²) < 4.78 is 39.8. The monoisotopic (exact) mass is 481 g/mol. The quantitative estimate of drug-likeness (QED) is 0.389. The average molecular weight is 482 g/mol. The van der Waals surface area contributed by atoms with Crippen LogP contribution < -0.4 is 21.6 Å². The lowest BCUT2D eigenvalue weighted by Crippen LogP contribution is -2.45. The van der Waals surface area contributed by atoms with Gasteiger partial charge < -0.3 is 5.32 Å². The lowest BCUT2D eigenvalue weighted by molar-refractivity contribution is -0.137. The molecule has 0 aliphatic rings. The van der Waals surface area contributed by atoms with E-state index in [0.29, 0.717) is 16.4 Å². The number of hydrazine groups is 1. The molecule has 0 atom stereocenters. The molecule has 0 saturated heterocycles. The second-order valence-electron chi connectivity index (χ2n) is 6.50. The smallest absolute Gasteiger partial charge is 0.331 e. The summed E-state index contributed by atoms with van der Waals surface area (Å²) in [7, 11) is 0. The second-order valence-corrected chi connectivity index (χ2v) is 7.34. The predicted octanol–water partition coefficient (Wildman–Crippen LogP) is 3.84. The van der Waals surface area contributed by atoms with E-state index in [1.165, 1.54) is 22.9 Å². The van der Waals surface area contributed by atoms with Crippen LogP contribution in [0.3, 0.4) is 0 Å². The number of amides is 1. The molecule has 0 saturated carbocycles. The average Bonchev–Trinajstić information content (AvgIpc) is 2.72. The fourth-order valence-corrected chi connectivity index (χ4v) is 2.95. The molecule has 0 radical (unpaired) electrons. The van der Waals surface area contributed by atoms with Crippen LogP contribution >= 0.6 is 23.8 Å². The van der Waals surface area contributed by atoms with E-state index < -0.39 is 28.8 Å². The SMILES string of the molecule is Cc1cc(=O)c(C(=O)NNC(=S)Nc2cccc(C(F)(F)F)c2)nn1-c1ccc(Cl)cc1. The van der Waals surface area contributed by atoms with Crippen molar-refractivity contribution in [3.8, 4) is 5.69 Å². The van der Waals surface area contributed by atoms with Gasteiger partial charge in [0.05, 0.1) is 11.3 Å². The number of hydrogen-bond acceptors (Lipinski definition) is 4. The standard InChI is InChI=1S/C20H15ClF3N5O2S/c1-11-9-16(30)17(28-29(11)15-7-5-13(21)6-8-15)18(31)26-27-19(32)25-14-4-2-3-12(10-14)20(22,23)24/h2-10H,1H3,(H,26,31)(H2,25,27,32). The van der Waals surface area contributed by atoms with Crippen LogP contribution in [0.15, 0.2) is 59.4 Å². The Bertz CT molecular complexity index is 1230. The van der Waals surface area contributed by atoms with Gasteiger partial charge in [-0.15, -0.1) is 0 Å². The Kier molecular flexibility index (Phi) is 6.80. The molecule has 3 aromatic rings. The third-order valence-electron chi connectivity index (χ3n) is 4.13. The van der Waals surface area contributed by atoms with E-state index in [0.717, 1.165) is 12.1 Å². The Morgan fingerprint density at radius 2 is 1.78 bits per heavy atom. The molecular formula is C20H15ClF3N5O2S. The topological polar surface area (TPSA) is 88.1 Å². The molecule has 0 aliphatic heterocycles. The number of carbonyl (C=O) groups is 1. The maximum atomic E-state index is 12.8. The van der Waals surface area contributed by atoms with Crippen LogP contribution in [0.1, 0.15) is 21.7 Å². The summed E-state index contributed by atoms with van der Waals surface area (Å²) in [5.74, 6) is -0.883. The van der Waals surface area contributed by atoms with E-state index in [9.17, 15) is 22.8 Å². The van der Waals surface area contributed by atoms with Gasteiger partial charge in [0, 0.05) is 22.5 Å². The van der Waals surface area contributed by atoms with Gasteiger partial charge >= 0.3 is 6.18 Å². The largest absolute Gasteiger partial charge is 0.416 e. The van der Waals surface area contributed by atoms with Crippen molar-refractivity contribution in [2.75, 3.05) is 5.32 Å².